The minimum atomic E-state index is -3.59. The topological polar surface area (TPSA) is 91.3 Å². The lowest BCUT2D eigenvalue weighted by molar-refractivity contribution is -0.0312. The number of rotatable bonds is 8. The molecule has 2 aromatic carbocycles. The van der Waals surface area contributed by atoms with Crippen molar-refractivity contribution < 1.29 is 23.0 Å². The maximum absolute atomic E-state index is 13.5. The molecule has 8 nitrogen and oxygen atoms in total. The molecule has 0 saturated carbocycles. The van der Waals surface area contributed by atoms with E-state index >= 15 is 0 Å². The second kappa shape index (κ2) is 11.5. The number of aliphatic hydroxyl groups is 1. The standard InChI is InChI=1S/C28H39N3O5S/c1-22(32)19-29-26-18-28(36-21-26)9-11-31(12-10-28)37(33,34)27-4-2-3-25(17-27)24-7-5-23(6-8-24)20-30-13-15-35-16-14-30/h2-8,17,22,26,29,32H,9-16,18-21H2,1H3/t22?,26-/m0/s1. The van der Waals surface area contributed by atoms with Crippen LogP contribution in [0.3, 0.4) is 0 Å². The van der Waals surface area contributed by atoms with E-state index in [1.807, 2.05) is 12.1 Å². The van der Waals surface area contributed by atoms with Crippen LogP contribution >= 0.6 is 0 Å². The predicted octanol–water partition coefficient (Wildman–Crippen LogP) is 2.47. The number of hydrogen-bond donors (Lipinski definition) is 2. The average Bonchev–Trinajstić information content (AvgIpc) is 3.31. The molecule has 3 fully saturated rings. The number of ether oxygens (including phenoxy) is 2. The summed E-state index contributed by atoms with van der Waals surface area (Å²) in [6.07, 6.45) is 1.82. The smallest absolute Gasteiger partial charge is 0.243 e. The first-order chi connectivity index (χ1) is 17.8. The Morgan fingerprint density at radius 3 is 2.49 bits per heavy atom. The normalized spacial score (nSPS) is 23.9. The summed E-state index contributed by atoms with van der Waals surface area (Å²) in [5, 5.41) is 12.9. The van der Waals surface area contributed by atoms with Crippen molar-refractivity contribution in [2.24, 2.45) is 0 Å². The zero-order valence-corrected chi connectivity index (χ0v) is 22.5. The third kappa shape index (κ3) is 6.42. The van der Waals surface area contributed by atoms with Crippen LogP contribution in [0.15, 0.2) is 53.4 Å². The van der Waals surface area contributed by atoms with Gasteiger partial charge in [0.1, 0.15) is 0 Å². The second-order valence-corrected chi connectivity index (χ2v) is 12.6. The van der Waals surface area contributed by atoms with E-state index in [0.717, 1.165) is 50.4 Å². The van der Waals surface area contributed by atoms with Crippen LogP contribution in [0.4, 0.5) is 0 Å². The van der Waals surface area contributed by atoms with Gasteiger partial charge in [-0.1, -0.05) is 36.4 Å². The van der Waals surface area contributed by atoms with Crippen molar-refractivity contribution in [3.63, 3.8) is 0 Å². The Morgan fingerprint density at radius 1 is 1.05 bits per heavy atom. The fourth-order valence-corrected chi connectivity index (χ4v) is 7.09. The van der Waals surface area contributed by atoms with Crippen LogP contribution in [-0.2, 0) is 26.0 Å². The lowest BCUT2D eigenvalue weighted by Gasteiger charge is -2.38. The van der Waals surface area contributed by atoms with Gasteiger partial charge in [0.05, 0.1) is 36.4 Å². The Morgan fingerprint density at radius 2 is 1.78 bits per heavy atom. The van der Waals surface area contributed by atoms with Gasteiger partial charge in [-0.3, -0.25) is 4.90 Å². The molecule has 0 aliphatic carbocycles. The molecule has 2 atom stereocenters. The van der Waals surface area contributed by atoms with Gasteiger partial charge in [0, 0.05) is 45.3 Å². The Labute approximate surface area is 220 Å². The van der Waals surface area contributed by atoms with Crippen molar-refractivity contribution in [3.8, 4) is 11.1 Å². The highest BCUT2D eigenvalue weighted by Crippen LogP contribution is 2.37. The zero-order chi connectivity index (χ0) is 25.9. The second-order valence-electron chi connectivity index (χ2n) is 10.7. The number of nitrogens with zero attached hydrogens (tertiary/aromatic N) is 2. The Kier molecular flexibility index (Phi) is 8.31. The molecule has 3 saturated heterocycles. The van der Waals surface area contributed by atoms with E-state index in [9.17, 15) is 13.5 Å². The molecule has 0 radical (unpaired) electrons. The van der Waals surface area contributed by atoms with Gasteiger partial charge in [-0.15, -0.1) is 0 Å². The van der Waals surface area contributed by atoms with E-state index in [-0.39, 0.29) is 11.6 Å². The highest BCUT2D eigenvalue weighted by molar-refractivity contribution is 7.89. The summed E-state index contributed by atoms with van der Waals surface area (Å²) in [5.41, 5.74) is 2.89. The fraction of sp³-hybridized carbons (Fsp3) is 0.571. The van der Waals surface area contributed by atoms with Gasteiger partial charge in [0.2, 0.25) is 10.0 Å². The third-order valence-electron chi connectivity index (χ3n) is 7.81. The molecule has 2 N–H and O–H groups in total. The largest absolute Gasteiger partial charge is 0.392 e. The van der Waals surface area contributed by atoms with Crippen LogP contribution in [0.2, 0.25) is 0 Å². The Balaban J connectivity index is 1.21. The summed E-state index contributed by atoms with van der Waals surface area (Å²) in [6.45, 7) is 8.17. The summed E-state index contributed by atoms with van der Waals surface area (Å²) in [4.78, 5) is 2.72. The summed E-state index contributed by atoms with van der Waals surface area (Å²) in [7, 11) is -3.59. The predicted molar refractivity (Wildman–Crippen MR) is 143 cm³/mol. The van der Waals surface area contributed by atoms with Crippen molar-refractivity contribution >= 4 is 10.0 Å². The molecule has 0 bridgehead atoms. The minimum absolute atomic E-state index is 0.203. The average molecular weight is 530 g/mol. The van der Waals surface area contributed by atoms with Crippen molar-refractivity contribution in [2.75, 3.05) is 52.5 Å². The molecular formula is C28H39N3O5S. The van der Waals surface area contributed by atoms with E-state index in [4.69, 9.17) is 9.47 Å². The molecule has 202 valence electrons. The Bertz CT molecular complexity index is 1140. The fourth-order valence-electron chi connectivity index (χ4n) is 5.60. The monoisotopic (exact) mass is 529 g/mol. The number of sulfonamides is 1. The first kappa shape index (κ1) is 26.7. The van der Waals surface area contributed by atoms with E-state index in [0.29, 0.717) is 44.0 Å². The first-order valence-corrected chi connectivity index (χ1v) is 14.8. The molecule has 0 aromatic heterocycles. The molecule has 0 amide bonds. The molecule has 37 heavy (non-hydrogen) atoms. The third-order valence-corrected chi connectivity index (χ3v) is 9.71. The van der Waals surface area contributed by atoms with Crippen LogP contribution in [-0.4, -0.2) is 93.0 Å². The van der Waals surface area contributed by atoms with Crippen molar-refractivity contribution in [1.29, 1.82) is 0 Å². The van der Waals surface area contributed by atoms with Crippen LogP contribution in [0.1, 0.15) is 31.7 Å². The van der Waals surface area contributed by atoms with Crippen LogP contribution in [0.25, 0.3) is 11.1 Å². The van der Waals surface area contributed by atoms with Crippen LogP contribution in [0.5, 0.6) is 0 Å². The lowest BCUT2D eigenvalue weighted by atomic mass is 9.88. The zero-order valence-electron chi connectivity index (χ0n) is 21.6. The van der Waals surface area contributed by atoms with Crippen molar-refractivity contribution in [3.05, 3.63) is 54.1 Å². The van der Waals surface area contributed by atoms with Crippen molar-refractivity contribution in [1.82, 2.24) is 14.5 Å². The number of piperidine rings is 1. The van der Waals surface area contributed by atoms with E-state index in [1.165, 1.54) is 5.56 Å². The van der Waals surface area contributed by atoms with Crippen LogP contribution < -0.4 is 5.32 Å². The quantitative estimate of drug-likeness (QED) is 0.543. The minimum Gasteiger partial charge on any atom is -0.392 e. The SMILES string of the molecule is CC(O)CN[C@@H]1COC2(CCN(S(=O)(=O)c3cccc(-c4ccc(CN5CCOCC5)cc4)c3)CC2)C1. The van der Waals surface area contributed by atoms with Gasteiger partial charge in [-0.05, 0) is 55.0 Å². The summed E-state index contributed by atoms with van der Waals surface area (Å²) >= 11 is 0. The molecule has 3 aliphatic heterocycles. The molecule has 3 aliphatic rings. The highest BCUT2D eigenvalue weighted by Gasteiger charge is 2.44. The maximum Gasteiger partial charge on any atom is 0.243 e. The van der Waals surface area contributed by atoms with Crippen LogP contribution in [0, 0.1) is 0 Å². The Hall–Kier alpha value is -1.85. The summed E-state index contributed by atoms with van der Waals surface area (Å²) in [5.74, 6) is 0. The highest BCUT2D eigenvalue weighted by atomic mass is 32.2. The summed E-state index contributed by atoms with van der Waals surface area (Å²) in [6, 6.07) is 15.9. The number of aliphatic hydroxyl groups excluding tert-OH is 1. The first-order valence-electron chi connectivity index (χ1n) is 13.4. The molecule has 2 aromatic rings. The van der Waals surface area contributed by atoms with Gasteiger partial charge < -0.3 is 19.9 Å². The van der Waals surface area contributed by atoms with E-state index in [2.05, 4.69) is 34.5 Å². The van der Waals surface area contributed by atoms with E-state index in [1.54, 1.807) is 23.4 Å². The molecule has 9 heteroatoms. The molecule has 1 spiro atoms. The van der Waals surface area contributed by atoms with Gasteiger partial charge in [-0.25, -0.2) is 8.42 Å². The number of nitrogens with one attached hydrogen (secondary N) is 1. The number of hydrogen-bond acceptors (Lipinski definition) is 7. The van der Waals surface area contributed by atoms with Gasteiger partial charge in [0.15, 0.2) is 0 Å². The molecular weight excluding hydrogens is 490 g/mol. The number of morpholine rings is 1. The van der Waals surface area contributed by atoms with Gasteiger partial charge >= 0.3 is 0 Å². The van der Waals surface area contributed by atoms with Gasteiger partial charge in [0.25, 0.3) is 0 Å². The van der Waals surface area contributed by atoms with E-state index < -0.39 is 16.1 Å². The lowest BCUT2D eigenvalue weighted by Crippen LogP contribution is -2.47. The number of benzene rings is 2. The van der Waals surface area contributed by atoms with Crippen molar-refractivity contribution in [2.45, 2.75) is 55.4 Å². The summed E-state index contributed by atoms with van der Waals surface area (Å²) < 4.78 is 40.2. The van der Waals surface area contributed by atoms with Gasteiger partial charge in [-0.2, -0.15) is 4.31 Å². The molecule has 5 rings (SSSR count). The maximum atomic E-state index is 13.5. The molecule has 3 heterocycles. The molecule has 1 unspecified atom stereocenters.